The van der Waals surface area contributed by atoms with E-state index in [4.69, 9.17) is 4.52 Å². The number of urea groups is 1. The van der Waals surface area contributed by atoms with Crippen molar-refractivity contribution in [1.82, 2.24) is 15.0 Å². The summed E-state index contributed by atoms with van der Waals surface area (Å²) in [6, 6.07) is 13.4. The number of fused-ring (bicyclic) bond motifs is 6. The summed E-state index contributed by atoms with van der Waals surface area (Å²) in [7, 11) is 0. The maximum absolute atomic E-state index is 13.4. The van der Waals surface area contributed by atoms with Gasteiger partial charge in [-0.05, 0) is 24.8 Å². The van der Waals surface area contributed by atoms with Gasteiger partial charge in [-0.1, -0.05) is 41.6 Å². The maximum atomic E-state index is 13.4. The molecule has 8 heteroatoms. The van der Waals surface area contributed by atoms with Gasteiger partial charge in [0, 0.05) is 18.0 Å². The Morgan fingerprint density at radius 1 is 1.13 bits per heavy atom. The van der Waals surface area contributed by atoms with Gasteiger partial charge in [0.05, 0.1) is 17.8 Å². The third-order valence-electron chi connectivity index (χ3n) is 6.38. The van der Waals surface area contributed by atoms with Crippen LogP contribution in [-0.4, -0.2) is 57.5 Å². The Bertz CT molecular complexity index is 1230. The topological polar surface area (TPSA) is 87.0 Å². The molecule has 1 aromatic heterocycles. The van der Waals surface area contributed by atoms with E-state index < -0.39 is 6.04 Å². The summed E-state index contributed by atoms with van der Waals surface area (Å²) in [6.07, 6.45) is 0.605. The number of rotatable bonds is 2. The number of imide groups is 1. The molecule has 4 heterocycles. The molecule has 150 valence electrons. The van der Waals surface area contributed by atoms with Gasteiger partial charge in [0.15, 0.2) is 5.69 Å². The Morgan fingerprint density at radius 2 is 1.93 bits per heavy atom. The van der Waals surface area contributed by atoms with Crippen LogP contribution in [0.2, 0.25) is 0 Å². The van der Waals surface area contributed by atoms with Gasteiger partial charge in [-0.25, -0.2) is 9.69 Å². The van der Waals surface area contributed by atoms with Gasteiger partial charge in [-0.15, -0.1) is 0 Å². The average molecular weight is 402 g/mol. The minimum atomic E-state index is -0.660. The molecule has 4 amide bonds. The molecule has 8 nitrogen and oxygen atoms in total. The van der Waals surface area contributed by atoms with Crippen LogP contribution in [0.5, 0.6) is 0 Å². The van der Waals surface area contributed by atoms with Crippen LogP contribution >= 0.6 is 0 Å². The van der Waals surface area contributed by atoms with Gasteiger partial charge in [0.2, 0.25) is 0 Å². The molecule has 3 saturated heterocycles. The van der Waals surface area contributed by atoms with Gasteiger partial charge in [-0.3, -0.25) is 9.59 Å². The molecule has 2 bridgehead atoms. The molecule has 0 radical (unpaired) electrons. The molecule has 3 fully saturated rings. The number of hydrogen-bond donors (Lipinski definition) is 0. The van der Waals surface area contributed by atoms with Crippen molar-refractivity contribution >= 4 is 34.3 Å². The summed E-state index contributed by atoms with van der Waals surface area (Å²) in [5.74, 6) is 0.0131. The quantitative estimate of drug-likeness (QED) is 0.615. The summed E-state index contributed by atoms with van der Waals surface area (Å²) in [5.41, 5.74) is 0.816. The van der Waals surface area contributed by atoms with Crippen molar-refractivity contribution in [2.45, 2.75) is 31.5 Å². The van der Waals surface area contributed by atoms with E-state index in [9.17, 15) is 14.4 Å². The van der Waals surface area contributed by atoms with Crippen LogP contribution in [0.15, 0.2) is 53.1 Å². The van der Waals surface area contributed by atoms with Crippen molar-refractivity contribution in [3.05, 3.63) is 60.0 Å². The number of piperazine rings is 1. The number of hydrogen-bond acceptors (Lipinski definition) is 5. The number of amides is 4. The number of carbonyl (C=O) groups excluding carboxylic acids is 3. The highest BCUT2D eigenvalue weighted by Gasteiger charge is 2.63. The Morgan fingerprint density at radius 3 is 2.73 bits per heavy atom. The molecule has 0 saturated carbocycles. The zero-order chi connectivity index (χ0) is 20.6. The molecule has 0 N–H and O–H groups in total. The molecule has 3 aliphatic rings. The van der Waals surface area contributed by atoms with E-state index in [1.54, 1.807) is 28.9 Å². The van der Waals surface area contributed by atoms with E-state index in [1.807, 2.05) is 36.4 Å². The highest BCUT2D eigenvalue weighted by molar-refractivity contribution is 6.25. The standard InChI is InChI=1S/C22H18N4O4/c1-12-9-16(23-30-12)20(27)24-11-14-10-18(24)19-21(28)26(22(29)25(14)19)17-8-4-6-13-5-2-3-7-15(13)17/h2-9,14,18-19H,10-11H2,1H3/t14-,18-,19-/m0/s1. The predicted octanol–water partition coefficient (Wildman–Crippen LogP) is 2.57. The Labute approximate surface area is 171 Å². The second-order valence-electron chi connectivity index (χ2n) is 8.04. The SMILES string of the molecule is Cc1cc(C(=O)N2C[C@@H]3C[C@H]2[C@H]2C(=O)N(c4cccc5ccccc45)C(=O)N32)no1. The van der Waals surface area contributed by atoms with Crippen molar-refractivity contribution in [2.75, 3.05) is 11.4 Å². The van der Waals surface area contributed by atoms with Gasteiger partial charge >= 0.3 is 6.03 Å². The lowest BCUT2D eigenvalue weighted by Crippen LogP contribution is -2.54. The van der Waals surface area contributed by atoms with Crippen LogP contribution in [0, 0.1) is 6.92 Å². The Hall–Kier alpha value is -3.68. The molecule has 0 spiro atoms. The van der Waals surface area contributed by atoms with E-state index in [0.29, 0.717) is 24.4 Å². The number of nitrogens with zero attached hydrogens (tertiary/aromatic N) is 4. The lowest BCUT2D eigenvalue weighted by Gasteiger charge is -2.34. The van der Waals surface area contributed by atoms with Gasteiger partial charge in [-0.2, -0.15) is 0 Å². The summed E-state index contributed by atoms with van der Waals surface area (Å²) in [6.45, 7) is 2.12. The van der Waals surface area contributed by atoms with E-state index in [2.05, 4.69) is 5.16 Å². The number of carbonyl (C=O) groups is 3. The fraction of sp³-hybridized carbons (Fsp3) is 0.273. The van der Waals surface area contributed by atoms with Crippen molar-refractivity contribution in [3.8, 4) is 0 Å². The smallest absolute Gasteiger partial charge is 0.332 e. The number of aromatic nitrogens is 1. The first-order valence-corrected chi connectivity index (χ1v) is 9.93. The van der Waals surface area contributed by atoms with E-state index in [1.165, 1.54) is 4.90 Å². The van der Waals surface area contributed by atoms with Crippen molar-refractivity contribution in [1.29, 1.82) is 0 Å². The predicted molar refractivity (Wildman–Crippen MR) is 107 cm³/mol. The first-order chi connectivity index (χ1) is 14.5. The van der Waals surface area contributed by atoms with Crippen LogP contribution in [0.3, 0.4) is 0 Å². The van der Waals surface area contributed by atoms with Gasteiger partial charge in [0.25, 0.3) is 11.8 Å². The minimum absolute atomic E-state index is 0.173. The van der Waals surface area contributed by atoms with E-state index in [-0.39, 0.29) is 35.6 Å². The fourth-order valence-electron chi connectivity index (χ4n) is 5.13. The third kappa shape index (κ3) is 2.16. The second kappa shape index (κ2) is 5.91. The molecule has 3 aromatic rings. The molecule has 3 atom stereocenters. The summed E-state index contributed by atoms with van der Waals surface area (Å²) < 4.78 is 5.03. The average Bonchev–Trinajstić information content (AvgIpc) is 3.51. The van der Waals surface area contributed by atoms with Gasteiger partial charge in [0.1, 0.15) is 11.8 Å². The highest BCUT2D eigenvalue weighted by Crippen LogP contribution is 2.43. The summed E-state index contributed by atoms with van der Waals surface area (Å²) in [5, 5.41) is 5.63. The first kappa shape index (κ1) is 17.2. The highest BCUT2D eigenvalue weighted by atomic mass is 16.5. The fourth-order valence-corrected chi connectivity index (χ4v) is 5.13. The van der Waals surface area contributed by atoms with E-state index in [0.717, 1.165) is 10.8 Å². The lowest BCUT2D eigenvalue weighted by atomic mass is 10.1. The second-order valence-corrected chi connectivity index (χ2v) is 8.04. The van der Waals surface area contributed by atoms with Crippen LogP contribution in [0.4, 0.5) is 10.5 Å². The third-order valence-corrected chi connectivity index (χ3v) is 6.38. The van der Waals surface area contributed by atoms with E-state index >= 15 is 0 Å². The Kier molecular flexibility index (Phi) is 3.39. The minimum Gasteiger partial charge on any atom is -0.361 e. The molecule has 2 aromatic carbocycles. The number of aryl methyl sites for hydroxylation is 1. The summed E-state index contributed by atoms with van der Waals surface area (Å²) in [4.78, 5) is 44.2. The van der Waals surface area contributed by atoms with Crippen LogP contribution in [0.25, 0.3) is 10.8 Å². The molecule has 3 aliphatic heterocycles. The van der Waals surface area contributed by atoms with Crippen molar-refractivity contribution in [3.63, 3.8) is 0 Å². The number of likely N-dealkylation sites (tertiary alicyclic amines) is 1. The van der Waals surface area contributed by atoms with Crippen LogP contribution in [0.1, 0.15) is 22.7 Å². The molecular weight excluding hydrogens is 384 g/mol. The molecule has 30 heavy (non-hydrogen) atoms. The van der Waals surface area contributed by atoms with Crippen molar-refractivity contribution in [2.24, 2.45) is 0 Å². The first-order valence-electron chi connectivity index (χ1n) is 9.93. The van der Waals surface area contributed by atoms with Crippen molar-refractivity contribution < 1.29 is 18.9 Å². The van der Waals surface area contributed by atoms with Gasteiger partial charge < -0.3 is 14.3 Å². The zero-order valence-electron chi connectivity index (χ0n) is 16.2. The molecule has 0 aliphatic carbocycles. The Balaban J connectivity index is 1.36. The zero-order valence-corrected chi connectivity index (χ0v) is 16.2. The monoisotopic (exact) mass is 402 g/mol. The molecule has 0 unspecified atom stereocenters. The molecule has 6 rings (SSSR count). The maximum Gasteiger partial charge on any atom is 0.332 e. The lowest BCUT2D eigenvalue weighted by molar-refractivity contribution is -0.121. The summed E-state index contributed by atoms with van der Waals surface area (Å²) >= 11 is 0. The largest absolute Gasteiger partial charge is 0.361 e. The number of anilines is 1. The van der Waals surface area contributed by atoms with Crippen LogP contribution in [-0.2, 0) is 4.79 Å². The number of benzene rings is 2. The van der Waals surface area contributed by atoms with Crippen LogP contribution < -0.4 is 4.90 Å². The normalized spacial score (nSPS) is 25.0. The molecular formula is C22H18N4O4.